The van der Waals surface area contributed by atoms with Crippen LogP contribution in [0.3, 0.4) is 0 Å². The van der Waals surface area contributed by atoms with Crippen LogP contribution in [0.2, 0.25) is 0 Å². The number of benzene rings is 1. The molecule has 2 aromatic rings. The van der Waals surface area contributed by atoms with E-state index in [0.29, 0.717) is 5.56 Å². The van der Waals surface area contributed by atoms with Crippen LogP contribution in [0.25, 0.3) is 5.69 Å². The van der Waals surface area contributed by atoms with E-state index in [1.54, 1.807) is 29.4 Å². The van der Waals surface area contributed by atoms with E-state index in [0.717, 1.165) is 5.69 Å². The van der Waals surface area contributed by atoms with Gasteiger partial charge in [-0.25, -0.2) is 0 Å². The first kappa shape index (κ1) is 9.54. The Labute approximate surface area is 86.5 Å². The minimum Gasteiger partial charge on any atom is -0.324 e. The lowest BCUT2D eigenvalue weighted by atomic mass is 10.1. The molecule has 0 amide bonds. The molecule has 15 heavy (non-hydrogen) atoms. The minimum atomic E-state index is -0.0979. The topological polar surface area (TPSA) is 73.8 Å². The highest BCUT2D eigenvalue weighted by Crippen LogP contribution is 2.13. The van der Waals surface area contributed by atoms with Crippen LogP contribution >= 0.6 is 0 Å². The number of nitrogens with zero attached hydrogens (tertiary/aromatic N) is 3. The van der Waals surface area contributed by atoms with E-state index < -0.39 is 0 Å². The van der Waals surface area contributed by atoms with Gasteiger partial charge in [0.15, 0.2) is 5.78 Å². The third kappa shape index (κ3) is 1.77. The SMILES string of the molecule is NCC(=O)c1ccccc1-n1cnnc1. The molecular formula is C10H10N4O. The van der Waals surface area contributed by atoms with Gasteiger partial charge in [-0.05, 0) is 12.1 Å². The van der Waals surface area contributed by atoms with Crippen molar-refractivity contribution in [2.75, 3.05) is 6.54 Å². The number of carbonyl (C=O) groups excluding carboxylic acids is 1. The normalized spacial score (nSPS) is 10.2. The first-order chi connectivity index (χ1) is 7.33. The van der Waals surface area contributed by atoms with Crippen molar-refractivity contribution in [2.45, 2.75) is 0 Å². The molecule has 2 rings (SSSR count). The van der Waals surface area contributed by atoms with Crippen LogP contribution in [0, 0.1) is 0 Å². The fourth-order valence-electron chi connectivity index (χ4n) is 1.37. The van der Waals surface area contributed by atoms with Gasteiger partial charge in [-0.1, -0.05) is 12.1 Å². The fourth-order valence-corrected chi connectivity index (χ4v) is 1.37. The van der Waals surface area contributed by atoms with Crippen LogP contribution in [0.15, 0.2) is 36.9 Å². The Morgan fingerprint density at radius 2 is 1.93 bits per heavy atom. The predicted octanol–water partition coefficient (Wildman–Crippen LogP) is 0.409. The number of carbonyl (C=O) groups is 1. The van der Waals surface area contributed by atoms with Gasteiger partial charge in [0, 0.05) is 5.56 Å². The number of hydrogen-bond donors (Lipinski definition) is 1. The summed E-state index contributed by atoms with van der Waals surface area (Å²) in [4.78, 5) is 11.6. The summed E-state index contributed by atoms with van der Waals surface area (Å²) >= 11 is 0. The van der Waals surface area contributed by atoms with Gasteiger partial charge in [0.2, 0.25) is 0 Å². The number of aromatic nitrogens is 3. The van der Waals surface area contributed by atoms with E-state index >= 15 is 0 Å². The maximum absolute atomic E-state index is 11.6. The highest BCUT2D eigenvalue weighted by Gasteiger charge is 2.09. The van der Waals surface area contributed by atoms with E-state index in [2.05, 4.69) is 10.2 Å². The van der Waals surface area contributed by atoms with Crippen molar-refractivity contribution >= 4 is 5.78 Å². The molecule has 0 bridgehead atoms. The monoisotopic (exact) mass is 202 g/mol. The third-order valence-corrected chi connectivity index (χ3v) is 2.09. The average molecular weight is 202 g/mol. The van der Waals surface area contributed by atoms with Crippen molar-refractivity contribution in [1.29, 1.82) is 0 Å². The van der Waals surface area contributed by atoms with Crippen molar-refractivity contribution in [1.82, 2.24) is 14.8 Å². The summed E-state index contributed by atoms with van der Waals surface area (Å²) < 4.78 is 1.68. The van der Waals surface area contributed by atoms with Gasteiger partial charge in [0.25, 0.3) is 0 Å². The zero-order valence-electron chi connectivity index (χ0n) is 8.00. The molecule has 0 spiro atoms. The van der Waals surface area contributed by atoms with Crippen LogP contribution in [0.1, 0.15) is 10.4 Å². The molecule has 0 fully saturated rings. The summed E-state index contributed by atoms with van der Waals surface area (Å²) in [6, 6.07) is 7.22. The van der Waals surface area contributed by atoms with Gasteiger partial charge < -0.3 is 5.73 Å². The van der Waals surface area contributed by atoms with E-state index in [1.165, 1.54) is 0 Å². The number of hydrogen-bond acceptors (Lipinski definition) is 4. The number of nitrogens with two attached hydrogens (primary N) is 1. The lowest BCUT2D eigenvalue weighted by Gasteiger charge is -2.06. The Hall–Kier alpha value is -2.01. The van der Waals surface area contributed by atoms with Crippen molar-refractivity contribution in [3.05, 3.63) is 42.5 Å². The maximum atomic E-state index is 11.6. The molecule has 1 aromatic carbocycles. The molecular weight excluding hydrogens is 192 g/mol. The van der Waals surface area contributed by atoms with Crippen LogP contribution < -0.4 is 5.73 Å². The molecule has 1 aromatic heterocycles. The Bertz CT molecular complexity index is 464. The summed E-state index contributed by atoms with van der Waals surface area (Å²) in [5, 5.41) is 7.39. The minimum absolute atomic E-state index is 0.000854. The van der Waals surface area contributed by atoms with E-state index in [1.807, 2.05) is 12.1 Å². The smallest absolute Gasteiger partial charge is 0.178 e. The molecule has 0 unspecified atom stereocenters. The van der Waals surface area contributed by atoms with Crippen molar-refractivity contribution < 1.29 is 4.79 Å². The zero-order chi connectivity index (χ0) is 10.7. The van der Waals surface area contributed by atoms with Crippen molar-refractivity contribution in [3.8, 4) is 5.69 Å². The van der Waals surface area contributed by atoms with Crippen molar-refractivity contribution in [3.63, 3.8) is 0 Å². The van der Waals surface area contributed by atoms with Gasteiger partial charge in [0.05, 0.1) is 12.2 Å². The molecule has 5 nitrogen and oxygen atoms in total. The Morgan fingerprint density at radius 3 is 2.60 bits per heavy atom. The largest absolute Gasteiger partial charge is 0.324 e. The molecule has 0 atom stereocenters. The zero-order valence-corrected chi connectivity index (χ0v) is 8.00. The number of Topliss-reactive ketones (excluding diaryl/α,β-unsaturated/α-hetero) is 1. The number of ketones is 1. The quantitative estimate of drug-likeness (QED) is 0.731. The second kappa shape index (κ2) is 4.02. The lowest BCUT2D eigenvalue weighted by Crippen LogP contribution is -2.15. The average Bonchev–Trinajstić information content (AvgIpc) is 2.81. The second-order valence-corrected chi connectivity index (χ2v) is 3.01. The number of para-hydroxylation sites is 1. The molecule has 0 aliphatic carbocycles. The Balaban J connectivity index is 2.52. The lowest BCUT2D eigenvalue weighted by molar-refractivity contribution is 0.100. The molecule has 76 valence electrons. The first-order valence-corrected chi connectivity index (χ1v) is 4.50. The summed E-state index contributed by atoms with van der Waals surface area (Å²) in [5.74, 6) is -0.0979. The van der Waals surface area contributed by atoms with E-state index in [-0.39, 0.29) is 12.3 Å². The Kier molecular flexibility index (Phi) is 2.55. The van der Waals surface area contributed by atoms with Crippen molar-refractivity contribution in [2.24, 2.45) is 5.73 Å². The molecule has 1 heterocycles. The highest BCUT2D eigenvalue weighted by atomic mass is 16.1. The summed E-state index contributed by atoms with van der Waals surface area (Å²) in [6.07, 6.45) is 3.09. The highest BCUT2D eigenvalue weighted by molar-refractivity contribution is 6.00. The second-order valence-electron chi connectivity index (χ2n) is 3.01. The predicted molar refractivity (Wildman–Crippen MR) is 54.7 cm³/mol. The maximum Gasteiger partial charge on any atom is 0.178 e. The van der Waals surface area contributed by atoms with E-state index in [4.69, 9.17) is 5.73 Å². The Morgan fingerprint density at radius 1 is 1.27 bits per heavy atom. The van der Waals surface area contributed by atoms with Gasteiger partial charge in [-0.15, -0.1) is 10.2 Å². The molecule has 0 aliphatic heterocycles. The summed E-state index contributed by atoms with van der Waals surface area (Å²) in [6.45, 7) is -0.000854. The molecule has 2 N–H and O–H groups in total. The summed E-state index contributed by atoms with van der Waals surface area (Å²) in [5.41, 5.74) is 6.67. The van der Waals surface area contributed by atoms with Gasteiger partial charge in [-0.3, -0.25) is 9.36 Å². The van der Waals surface area contributed by atoms with Crippen LogP contribution in [0.4, 0.5) is 0 Å². The van der Waals surface area contributed by atoms with Gasteiger partial charge in [0.1, 0.15) is 12.7 Å². The number of rotatable bonds is 3. The van der Waals surface area contributed by atoms with E-state index in [9.17, 15) is 4.79 Å². The fraction of sp³-hybridized carbons (Fsp3) is 0.100. The molecule has 0 saturated heterocycles. The molecule has 0 saturated carbocycles. The molecule has 5 heteroatoms. The standard InChI is InChI=1S/C10H10N4O/c11-5-10(15)8-3-1-2-4-9(8)14-6-12-13-7-14/h1-4,6-7H,5,11H2. The first-order valence-electron chi connectivity index (χ1n) is 4.50. The third-order valence-electron chi connectivity index (χ3n) is 2.09. The molecule has 0 aliphatic rings. The van der Waals surface area contributed by atoms with Crippen LogP contribution in [-0.4, -0.2) is 27.1 Å². The summed E-state index contributed by atoms with van der Waals surface area (Å²) in [7, 11) is 0. The molecule has 0 radical (unpaired) electrons. The van der Waals surface area contributed by atoms with Crippen LogP contribution in [-0.2, 0) is 0 Å². The van der Waals surface area contributed by atoms with Gasteiger partial charge >= 0.3 is 0 Å². The van der Waals surface area contributed by atoms with Gasteiger partial charge in [-0.2, -0.15) is 0 Å². The van der Waals surface area contributed by atoms with Crippen LogP contribution in [0.5, 0.6) is 0 Å².